The van der Waals surface area contributed by atoms with E-state index in [1.165, 1.54) is 36.4 Å². The van der Waals surface area contributed by atoms with Crippen molar-refractivity contribution in [2.75, 3.05) is 10.6 Å². The average Bonchev–Trinajstić information content (AvgIpc) is 3.01. The first-order valence-corrected chi connectivity index (χ1v) is 12.8. The zero-order valence-corrected chi connectivity index (χ0v) is 22.2. The molecule has 42 heavy (non-hydrogen) atoms. The van der Waals surface area contributed by atoms with Gasteiger partial charge in [-0.15, -0.1) is 0 Å². The van der Waals surface area contributed by atoms with Crippen LogP contribution < -0.4 is 10.6 Å². The smallest absolute Gasteiger partial charge is 0.336 e. The molecule has 0 aliphatic rings. The largest absolute Gasteiger partial charge is 0.478 e. The third-order valence-corrected chi connectivity index (χ3v) is 6.92. The molecule has 206 valence electrons. The summed E-state index contributed by atoms with van der Waals surface area (Å²) in [6.07, 6.45) is 2.99. The first-order chi connectivity index (χ1) is 20.2. The Balaban J connectivity index is 1.65. The van der Waals surface area contributed by atoms with E-state index in [2.05, 4.69) is 23.8 Å². The molecule has 4 N–H and O–H groups in total. The van der Waals surface area contributed by atoms with Crippen LogP contribution in [0.4, 0.5) is 11.4 Å². The van der Waals surface area contributed by atoms with Gasteiger partial charge in [-0.05, 0) is 35.4 Å². The predicted molar refractivity (Wildman–Crippen MR) is 164 cm³/mol. The number of carbonyl (C=O) groups excluding carboxylic acids is 2. The van der Waals surface area contributed by atoms with Crippen LogP contribution in [0.2, 0.25) is 0 Å². The van der Waals surface area contributed by atoms with Gasteiger partial charge in [0, 0.05) is 21.5 Å². The second kappa shape index (κ2) is 11.2. The highest BCUT2D eigenvalue weighted by molar-refractivity contribution is 6.27. The summed E-state index contributed by atoms with van der Waals surface area (Å²) in [4.78, 5) is 50.9. The summed E-state index contributed by atoms with van der Waals surface area (Å²) in [5.41, 5.74) is 1.59. The minimum absolute atomic E-state index is 0.0252. The second-order valence-electron chi connectivity index (χ2n) is 9.38. The van der Waals surface area contributed by atoms with Gasteiger partial charge in [0.25, 0.3) is 11.8 Å². The van der Waals surface area contributed by atoms with Crippen molar-refractivity contribution in [2.24, 2.45) is 0 Å². The maximum atomic E-state index is 13.5. The second-order valence-corrected chi connectivity index (χ2v) is 9.38. The predicted octanol–water partition coefficient (Wildman–Crippen LogP) is 7.18. The maximum absolute atomic E-state index is 13.5. The number of nitrogens with one attached hydrogen (secondary N) is 2. The Morgan fingerprint density at radius 3 is 1.14 bits per heavy atom. The highest BCUT2D eigenvalue weighted by Crippen LogP contribution is 2.40. The zero-order valence-electron chi connectivity index (χ0n) is 22.2. The lowest BCUT2D eigenvalue weighted by molar-refractivity contribution is 0.0683. The van der Waals surface area contributed by atoms with E-state index in [1.54, 1.807) is 60.7 Å². The minimum Gasteiger partial charge on any atom is -0.478 e. The van der Waals surface area contributed by atoms with Gasteiger partial charge in [-0.2, -0.15) is 0 Å². The third-order valence-electron chi connectivity index (χ3n) is 6.92. The van der Waals surface area contributed by atoms with Crippen LogP contribution in [0.25, 0.3) is 33.7 Å². The van der Waals surface area contributed by atoms with Crippen LogP contribution >= 0.6 is 0 Å². The molecule has 0 saturated heterocycles. The molecular formula is C34H24N2O6. The van der Waals surface area contributed by atoms with Crippen molar-refractivity contribution >= 4 is 68.8 Å². The molecule has 5 aromatic rings. The molecule has 8 nitrogen and oxygen atoms in total. The van der Waals surface area contributed by atoms with E-state index in [9.17, 15) is 29.4 Å². The number of anilines is 2. The molecule has 0 fully saturated rings. The van der Waals surface area contributed by atoms with Crippen LogP contribution in [0, 0.1) is 0 Å². The van der Waals surface area contributed by atoms with Crippen molar-refractivity contribution in [3.05, 3.63) is 131 Å². The Bertz CT molecular complexity index is 1780. The van der Waals surface area contributed by atoms with Crippen molar-refractivity contribution < 1.29 is 29.4 Å². The number of hydrogen-bond acceptors (Lipinski definition) is 4. The van der Waals surface area contributed by atoms with E-state index in [0.717, 1.165) is 0 Å². The van der Waals surface area contributed by atoms with E-state index in [-0.39, 0.29) is 22.3 Å². The summed E-state index contributed by atoms with van der Waals surface area (Å²) >= 11 is 0. The van der Waals surface area contributed by atoms with Crippen LogP contribution in [0.1, 0.15) is 52.6 Å². The number of carbonyl (C=O) groups is 4. The van der Waals surface area contributed by atoms with E-state index in [4.69, 9.17) is 0 Å². The SMILES string of the molecule is C=Cc1ccc(C(=O)Nc2c3ccccc3c(NC(=O)c3ccc(C=C)cc3C(=O)O)c3ccccc23)c(C(=O)O)c1. The number of fused-ring (bicyclic) bond motifs is 2. The summed E-state index contributed by atoms with van der Waals surface area (Å²) in [5, 5.41) is 27.6. The number of rotatable bonds is 8. The molecule has 5 rings (SSSR count). The number of carboxylic acid groups (broad SMARTS) is 2. The summed E-state index contributed by atoms with van der Waals surface area (Å²) < 4.78 is 0. The Kier molecular flexibility index (Phi) is 7.36. The standard InChI is InChI=1S/C34H24N2O6/c1-3-19-13-15-25(27(17-19)33(39)40)31(37)35-29-21-9-5-7-11-23(21)30(24-12-8-6-10-22(24)29)36-32(38)26-16-14-20(4-2)18-28(26)34(41)42/h3-18H,1-2H2,(H,35,37)(H,36,38)(H,39,40)(H,41,42). The molecule has 0 atom stereocenters. The summed E-state index contributed by atoms with van der Waals surface area (Å²) in [7, 11) is 0. The highest BCUT2D eigenvalue weighted by Gasteiger charge is 2.23. The lowest BCUT2D eigenvalue weighted by atomic mass is 9.97. The van der Waals surface area contributed by atoms with Gasteiger partial charge in [-0.25, -0.2) is 9.59 Å². The molecule has 0 aromatic heterocycles. The van der Waals surface area contributed by atoms with Crippen molar-refractivity contribution in [3.8, 4) is 0 Å². The van der Waals surface area contributed by atoms with E-state index in [1.807, 2.05) is 0 Å². The number of carboxylic acids is 2. The summed E-state index contributed by atoms with van der Waals surface area (Å²) in [6, 6.07) is 23.0. The monoisotopic (exact) mass is 556 g/mol. The molecule has 0 aliphatic carbocycles. The summed E-state index contributed by atoms with van der Waals surface area (Å²) in [5.74, 6) is -3.75. The highest BCUT2D eigenvalue weighted by atomic mass is 16.4. The number of amides is 2. The van der Waals surface area contributed by atoms with Crippen LogP contribution in [0.3, 0.4) is 0 Å². The van der Waals surface area contributed by atoms with Crippen molar-refractivity contribution in [2.45, 2.75) is 0 Å². The van der Waals surface area contributed by atoms with E-state index < -0.39 is 23.8 Å². The first kappa shape index (κ1) is 27.5. The van der Waals surface area contributed by atoms with Gasteiger partial charge < -0.3 is 20.8 Å². The topological polar surface area (TPSA) is 133 Å². The zero-order chi connectivity index (χ0) is 30.0. The first-order valence-electron chi connectivity index (χ1n) is 12.8. The molecule has 0 bridgehead atoms. The Morgan fingerprint density at radius 2 is 0.857 bits per heavy atom. The van der Waals surface area contributed by atoms with Gasteiger partial charge in [-0.3, -0.25) is 9.59 Å². The van der Waals surface area contributed by atoms with Gasteiger partial charge in [0.15, 0.2) is 0 Å². The fraction of sp³-hybridized carbons (Fsp3) is 0. The summed E-state index contributed by atoms with van der Waals surface area (Å²) in [6.45, 7) is 7.31. The Labute approximate surface area is 240 Å². The minimum atomic E-state index is -1.25. The van der Waals surface area contributed by atoms with Crippen LogP contribution in [0.5, 0.6) is 0 Å². The Morgan fingerprint density at radius 1 is 0.524 bits per heavy atom. The number of benzene rings is 5. The molecule has 8 heteroatoms. The molecule has 0 saturated carbocycles. The molecule has 0 radical (unpaired) electrons. The van der Waals surface area contributed by atoms with Crippen LogP contribution in [-0.2, 0) is 0 Å². The van der Waals surface area contributed by atoms with Gasteiger partial charge >= 0.3 is 11.9 Å². The van der Waals surface area contributed by atoms with Crippen LogP contribution in [0.15, 0.2) is 98.1 Å². The molecule has 5 aromatic carbocycles. The number of aromatic carboxylic acids is 2. The van der Waals surface area contributed by atoms with Crippen molar-refractivity contribution in [1.29, 1.82) is 0 Å². The normalized spacial score (nSPS) is 10.7. The molecule has 2 amide bonds. The average molecular weight is 557 g/mol. The lowest BCUT2D eigenvalue weighted by Crippen LogP contribution is -2.18. The third kappa shape index (κ3) is 5.00. The van der Waals surface area contributed by atoms with Gasteiger partial charge in [0.05, 0.1) is 33.6 Å². The molecule has 0 aliphatic heterocycles. The molecule has 0 spiro atoms. The Hall–Kier alpha value is -6.02. The molecule has 0 unspecified atom stereocenters. The van der Waals surface area contributed by atoms with E-state index in [0.29, 0.717) is 44.0 Å². The van der Waals surface area contributed by atoms with E-state index >= 15 is 0 Å². The van der Waals surface area contributed by atoms with Crippen LogP contribution in [-0.4, -0.2) is 34.0 Å². The quantitative estimate of drug-likeness (QED) is 0.118. The van der Waals surface area contributed by atoms with Crippen molar-refractivity contribution in [3.63, 3.8) is 0 Å². The fourth-order valence-corrected chi connectivity index (χ4v) is 4.89. The molecular weight excluding hydrogens is 532 g/mol. The van der Waals surface area contributed by atoms with Gasteiger partial charge in [0.2, 0.25) is 0 Å². The molecule has 0 heterocycles. The lowest BCUT2D eigenvalue weighted by Gasteiger charge is -2.19. The van der Waals surface area contributed by atoms with Gasteiger partial charge in [-0.1, -0.05) is 86.0 Å². The maximum Gasteiger partial charge on any atom is 0.336 e. The van der Waals surface area contributed by atoms with Gasteiger partial charge in [0.1, 0.15) is 0 Å². The van der Waals surface area contributed by atoms with Crippen molar-refractivity contribution in [1.82, 2.24) is 0 Å². The number of hydrogen-bond donors (Lipinski definition) is 4. The fourth-order valence-electron chi connectivity index (χ4n) is 4.89.